The molecule has 0 fully saturated rings. The Hall–Kier alpha value is -2.06. The molecule has 0 aliphatic heterocycles. The van der Waals surface area contributed by atoms with Crippen molar-refractivity contribution in [3.05, 3.63) is 46.7 Å². The van der Waals surface area contributed by atoms with Crippen molar-refractivity contribution in [2.45, 2.75) is 19.0 Å². The van der Waals surface area contributed by atoms with E-state index in [4.69, 9.17) is 17.3 Å². The van der Waals surface area contributed by atoms with Crippen LogP contribution < -0.4 is 11.1 Å². The molecule has 1 aromatic heterocycles. The van der Waals surface area contributed by atoms with E-state index >= 15 is 0 Å². The van der Waals surface area contributed by atoms with Crippen LogP contribution in [0.15, 0.2) is 30.5 Å². The number of benzene rings is 1. The van der Waals surface area contributed by atoms with Crippen LogP contribution in [-0.2, 0) is 6.18 Å². The minimum Gasteiger partial charge on any atom is -0.352 e. The first kappa shape index (κ1) is 18.3. The summed E-state index contributed by atoms with van der Waals surface area (Å²) >= 11 is 5.74. The van der Waals surface area contributed by atoms with Crippen LogP contribution in [0, 0.1) is 0 Å². The van der Waals surface area contributed by atoms with Crippen LogP contribution in [0.25, 0.3) is 5.69 Å². The highest BCUT2D eigenvalue weighted by Crippen LogP contribution is 2.33. The molecule has 0 aliphatic rings. The van der Waals surface area contributed by atoms with Crippen LogP contribution in [0.5, 0.6) is 0 Å². The van der Waals surface area contributed by atoms with Crippen LogP contribution in [0.1, 0.15) is 28.9 Å². The van der Waals surface area contributed by atoms with Crippen LogP contribution >= 0.6 is 11.6 Å². The number of halogens is 4. The number of unbranched alkanes of at least 4 members (excludes halogenated alkanes) is 1. The van der Waals surface area contributed by atoms with E-state index in [1.54, 1.807) is 0 Å². The molecular formula is C15H16ClF3N4O. The Labute approximate surface area is 141 Å². The lowest BCUT2D eigenvalue weighted by Gasteiger charge is -2.13. The molecule has 0 aliphatic carbocycles. The molecule has 0 atom stereocenters. The summed E-state index contributed by atoms with van der Waals surface area (Å²) in [5.74, 6) is -0.820. The van der Waals surface area contributed by atoms with Crippen molar-refractivity contribution in [3.63, 3.8) is 0 Å². The molecule has 130 valence electrons. The summed E-state index contributed by atoms with van der Waals surface area (Å²) < 4.78 is 41.0. The van der Waals surface area contributed by atoms with E-state index in [9.17, 15) is 18.0 Å². The van der Waals surface area contributed by atoms with E-state index in [1.807, 2.05) is 0 Å². The van der Waals surface area contributed by atoms with Gasteiger partial charge in [-0.15, -0.1) is 0 Å². The number of carbonyl (C=O) groups is 1. The lowest BCUT2D eigenvalue weighted by atomic mass is 10.2. The summed E-state index contributed by atoms with van der Waals surface area (Å²) in [6.07, 6.45) is -2.55. The van der Waals surface area contributed by atoms with E-state index < -0.39 is 23.3 Å². The molecule has 0 unspecified atom stereocenters. The highest BCUT2D eigenvalue weighted by molar-refractivity contribution is 6.30. The van der Waals surface area contributed by atoms with Gasteiger partial charge in [-0.25, -0.2) is 4.68 Å². The zero-order valence-corrected chi connectivity index (χ0v) is 13.4. The van der Waals surface area contributed by atoms with E-state index in [0.717, 1.165) is 6.20 Å². The van der Waals surface area contributed by atoms with Gasteiger partial charge < -0.3 is 11.1 Å². The average Bonchev–Trinajstić information content (AvgIpc) is 2.97. The molecule has 0 saturated heterocycles. The first-order valence-corrected chi connectivity index (χ1v) is 7.62. The minimum atomic E-state index is -4.74. The molecule has 1 amide bonds. The average molecular weight is 361 g/mol. The molecule has 1 aromatic carbocycles. The zero-order valence-electron chi connectivity index (χ0n) is 12.6. The predicted molar refractivity (Wildman–Crippen MR) is 84.2 cm³/mol. The molecule has 2 rings (SSSR count). The number of hydrogen-bond acceptors (Lipinski definition) is 3. The van der Waals surface area contributed by atoms with Gasteiger partial charge in [-0.05, 0) is 43.7 Å². The third kappa shape index (κ3) is 4.27. The fourth-order valence-corrected chi connectivity index (χ4v) is 2.26. The lowest BCUT2D eigenvalue weighted by Crippen LogP contribution is -2.27. The standard InChI is InChI=1S/C15H16ClF3N4O/c16-10-3-5-11(6-4-10)23-13(15(17,18)19)12(9-22-23)14(24)21-8-2-1-7-20/h3-6,9H,1-2,7-8,20H2,(H,21,24). The number of nitrogens with one attached hydrogen (secondary N) is 1. The third-order valence-corrected chi connectivity index (χ3v) is 3.52. The maximum Gasteiger partial charge on any atom is 0.434 e. The van der Waals surface area contributed by atoms with Crippen LogP contribution in [-0.4, -0.2) is 28.8 Å². The molecule has 0 saturated carbocycles. The van der Waals surface area contributed by atoms with Crippen molar-refractivity contribution in [1.82, 2.24) is 15.1 Å². The van der Waals surface area contributed by atoms with Gasteiger partial charge >= 0.3 is 6.18 Å². The number of aromatic nitrogens is 2. The summed E-state index contributed by atoms with van der Waals surface area (Å²) in [6.45, 7) is 0.706. The van der Waals surface area contributed by atoms with Crippen molar-refractivity contribution in [3.8, 4) is 5.69 Å². The van der Waals surface area contributed by atoms with Crippen LogP contribution in [0.3, 0.4) is 0 Å². The first-order chi connectivity index (χ1) is 11.3. The second-order valence-electron chi connectivity index (χ2n) is 5.04. The van der Waals surface area contributed by atoms with Crippen molar-refractivity contribution in [2.75, 3.05) is 13.1 Å². The molecule has 2 aromatic rings. The molecule has 0 spiro atoms. The Morgan fingerprint density at radius 2 is 1.92 bits per heavy atom. The SMILES string of the molecule is NCCCCNC(=O)c1cnn(-c2ccc(Cl)cc2)c1C(F)(F)F. The summed E-state index contributed by atoms with van der Waals surface area (Å²) in [7, 11) is 0. The Morgan fingerprint density at radius 3 is 2.50 bits per heavy atom. The highest BCUT2D eigenvalue weighted by atomic mass is 35.5. The number of alkyl halides is 3. The maximum absolute atomic E-state index is 13.4. The topological polar surface area (TPSA) is 72.9 Å². The van der Waals surface area contributed by atoms with Crippen molar-refractivity contribution in [2.24, 2.45) is 5.73 Å². The quantitative estimate of drug-likeness (QED) is 0.778. The molecule has 0 bridgehead atoms. The normalized spacial score (nSPS) is 11.5. The number of amides is 1. The summed E-state index contributed by atoms with van der Waals surface area (Å²) in [4.78, 5) is 12.1. The zero-order chi connectivity index (χ0) is 17.7. The highest BCUT2D eigenvalue weighted by Gasteiger charge is 2.40. The molecule has 9 heteroatoms. The van der Waals surface area contributed by atoms with Gasteiger partial charge in [-0.3, -0.25) is 4.79 Å². The van der Waals surface area contributed by atoms with E-state index in [-0.39, 0.29) is 12.2 Å². The van der Waals surface area contributed by atoms with Gasteiger partial charge in [0.2, 0.25) is 0 Å². The van der Waals surface area contributed by atoms with Gasteiger partial charge in [0.1, 0.15) is 0 Å². The Morgan fingerprint density at radius 1 is 1.25 bits per heavy atom. The van der Waals surface area contributed by atoms with Crippen LogP contribution in [0.2, 0.25) is 5.02 Å². The molecule has 5 nitrogen and oxygen atoms in total. The lowest BCUT2D eigenvalue weighted by molar-refractivity contribution is -0.143. The van der Waals surface area contributed by atoms with Gasteiger partial charge in [-0.1, -0.05) is 11.6 Å². The number of nitrogens with zero attached hydrogens (tertiary/aromatic N) is 2. The van der Waals surface area contributed by atoms with Crippen LogP contribution in [0.4, 0.5) is 13.2 Å². The number of rotatable bonds is 6. The smallest absolute Gasteiger partial charge is 0.352 e. The van der Waals surface area contributed by atoms with Gasteiger partial charge in [-0.2, -0.15) is 18.3 Å². The molecule has 3 N–H and O–H groups in total. The minimum absolute atomic E-state index is 0.161. The van der Waals surface area contributed by atoms with Gasteiger partial charge in [0.15, 0.2) is 5.69 Å². The van der Waals surface area contributed by atoms with Crippen molar-refractivity contribution in [1.29, 1.82) is 0 Å². The second kappa shape index (κ2) is 7.67. The Bertz CT molecular complexity index is 698. The van der Waals surface area contributed by atoms with E-state index in [2.05, 4.69) is 10.4 Å². The predicted octanol–water partition coefficient (Wildman–Crippen LogP) is 3.01. The summed E-state index contributed by atoms with van der Waals surface area (Å²) in [5, 5.41) is 6.56. The van der Waals surface area contributed by atoms with Crippen molar-refractivity contribution < 1.29 is 18.0 Å². The fraction of sp³-hybridized carbons (Fsp3) is 0.333. The summed E-state index contributed by atoms with van der Waals surface area (Å²) in [6, 6.07) is 5.69. The van der Waals surface area contributed by atoms with Gasteiger partial charge in [0.25, 0.3) is 5.91 Å². The number of hydrogen-bond donors (Lipinski definition) is 2. The Kier molecular flexibility index (Phi) is 5.84. The first-order valence-electron chi connectivity index (χ1n) is 7.24. The molecule has 0 radical (unpaired) electrons. The second-order valence-corrected chi connectivity index (χ2v) is 5.48. The fourth-order valence-electron chi connectivity index (χ4n) is 2.13. The maximum atomic E-state index is 13.4. The van der Waals surface area contributed by atoms with Gasteiger partial charge in [0.05, 0.1) is 17.4 Å². The summed E-state index contributed by atoms with van der Waals surface area (Å²) in [5.41, 5.74) is 3.85. The van der Waals surface area contributed by atoms with E-state index in [0.29, 0.717) is 29.1 Å². The third-order valence-electron chi connectivity index (χ3n) is 3.27. The van der Waals surface area contributed by atoms with E-state index in [1.165, 1.54) is 24.3 Å². The van der Waals surface area contributed by atoms with Gasteiger partial charge in [0, 0.05) is 11.6 Å². The Balaban J connectivity index is 2.33. The monoisotopic (exact) mass is 360 g/mol. The largest absolute Gasteiger partial charge is 0.434 e. The number of nitrogens with two attached hydrogens (primary N) is 1. The number of carbonyl (C=O) groups excluding carboxylic acids is 1. The van der Waals surface area contributed by atoms with Crippen molar-refractivity contribution >= 4 is 17.5 Å². The molecule has 24 heavy (non-hydrogen) atoms. The molecular weight excluding hydrogens is 345 g/mol. The molecule has 1 heterocycles.